The lowest BCUT2D eigenvalue weighted by molar-refractivity contribution is 0.0883. The molecule has 0 saturated carbocycles. The van der Waals surface area contributed by atoms with Crippen molar-refractivity contribution < 1.29 is 5.11 Å². The zero-order chi connectivity index (χ0) is 18.2. The van der Waals surface area contributed by atoms with E-state index in [0.29, 0.717) is 0 Å². The summed E-state index contributed by atoms with van der Waals surface area (Å²) in [5.74, 6) is 0. The molecule has 1 aromatic heterocycles. The van der Waals surface area contributed by atoms with Gasteiger partial charge in [-0.1, -0.05) is 35.9 Å². The summed E-state index contributed by atoms with van der Waals surface area (Å²) in [7, 11) is 6.07. The van der Waals surface area contributed by atoms with Crippen molar-refractivity contribution in [2.45, 2.75) is 24.4 Å². The lowest BCUT2D eigenvalue weighted by atomic mass is 9.84. The van der Waals surface area contributed by atoms with Crippen molar-refractivity contribution in [1.29, 1.82) is 0 Å². The van der Waals surface area contributed by atoms with E-state index in [1.165, 1.54) is 9.58 Å². The number of thiophene rings is 1. The molecule has 25 heavy (non-hydrogen) atoms. The fraction of sp³-hybridized carbons (Fsp3) is 0.400. The molecule has 0 spiro atoms. The molecule has 0 aliphatic carbocycles. The molecule has 3 rings (SSSR count). The highest BCUT2D eigenvalue weighted by Gasteiger charge is 2.38. The lowest BCUT2D eigenvalue weighted by Crippen LogP contribution is -2.37. The van der Waals surface area contributed by atoms with E-state index in [9.17, 15) is 5.11 Å². The molecule has 2 aromatic rings. The Kier molecular flexibility index (Phi) is 5.26. The minimum atomic E-state index is -1.12. The van der Waals surface area contributed by atoms with Crippen molar-refractivity contribution in [3.8, 4) is 0 Å². The highest BCUT2D eigenvalue weighted by Crippen LogP contribution is 2.44. The Bertz CT molecular complexity index is 822. The normalized spacial score (nSPS) is 20.2. The molecular weight excluding hydrogens is 352 g/mol. The number of allylic oxidation sites excluding steroid dienone is 2. The molecule has 0 radical (unpaired) electrons. The lowest BCUT2D eigenvalue weighted by Gasteiger charge is -2.36. The maximum Gasteiger partial charge on any atom is 0.128 e. The largest absolute Gasteiger partial charge is 0.381 e. The molecule has 3 nitrogen and oxygen atoms in total. The van der Waals surface area contributed by atoms with Gasteiger partial charge >= 0.3 is 0 Å². The van der Waals surface area contributed by atoms with E-state index < -0.39 is 5.60 Å². The maximum atomic E-state index is 11.6. The van der Waals surface area contributed by atoms with Crippen LogP contribution in [0.2, 0.25) is 0 Å². The Morgan fingerprint density at radius 2 is 2.04 bits per heavy atom. The van der Waals surface area contributed by atoms with Gasteiger partial charge in [0.2, 0.25) is 0 Å². The number of fused-ring (bicyclic) bond motifs is 1. The summed E-state index contributed by atoms with van der Waals surface area (Å²) in [5, 5.41) is 12.7. The van der Waals surface area contributed by atoms with Crippen molar-refractivity contribution in [3.05, 3.63) is 58.6 Å². The molecule has 0 fully saturated rings. The molecule has 2 heterocycles. The van der Waals surface area contributed by atoms with Crippen LogP contribution in [0.1, 0.15) is 17.4 Å². The molecule has 1 N–H and O–H groups in total. The van der Waals surface area contributed by atoms with Gasteiger partial charge in [0.25, 0.3) is 0 Å². The monoisotopic (exact) mass is 376 g/mol. The second-order valence-electron chi connectivity index (χ2n) is 6.99. The molecule has 2 unspecified atom stereocenters. The number of halogens is 1. The summed E-state index contributed by atoms with van der Waals surface area (Å²) >= 11 is 8.38. The first-order chi connectivity index (χ1) is 11.8. The predicted octanol–water partition coefficient (Wildman–Crippen LogP) is 4.16. The second-order valence-corrected chi connectivity index (χ2v) is 8.54. The van der Waals surface area contributed by atoms with E-state index >= 15 is 0 Å². The summed E-state index contributed by atoms with van der Waals surface area (Å²) in [5.41, 5.74) is 0.330. The van der Waals surface area contributed by atoms with Crippen molar-refractivity contribution in [2.24, 2.45) is 0 Å². The molecule has 5 heteroatoms. The highest BCUT2D eigenvalue weighted by atomic mass is 35.5. The molecule has 0 amide bonds. The number of hydrogen-bond acceptors (Lipinski definition) is 4. The van der Waals surface area contributed by atoms with Crippen LogP contribution >= 0.6 is 22.9 Å². The predicted molar refractivity (Wildman–Crippen MR) is 108 cm³/mol. The van der Waals surface area contributed by atoms with Gasteiger partial charge in [-0.3, -0.25) is 0 Å². The van der Waals surface area contributed by atoms with Gasteiger partial charge in [-0.2, -0.15) is 0 Å². The summed E-state index contributed by atoms with van der Waals surface area (Å²) in [6.07, 6.45) is 6.72. The van der Waals surface area contributed by atoms with Crippen LogP contribution in [0.4, 0.5) is 0 Å². The van der Waals surface area contributed by atoms with E-state index in [0.717, 1.165) is 29.5 Å². The van der Waals surface area contributed by atoms with Crippen LogP contribution in [0.15, 0.2) is 48.2 Å². The summed E-state index contributed by atoms with van der Waals surface area (Å²) < 4.78 is 1.21. The zero-order valence-electron chi connectivity index (χ0n) is 15.2. The average molecular weight is 377 g/mol. The van der Waals surface area contributed by atoms with Crippen molar-refractivity contribution >= 4 is 33.0 Å². The zero-order valence-corrected chi connectivity index (χ0v) is 16.7. The molecule has 1 aliphatic heterocycles. The number of alkyl halides is 1. The molecule has 0 saturated heterocycles. The first kappa shape index (κ1) is 18.5. The van der Waals surface area contributed by atoms with Crippen LogP contribution < -0.4 is 0 Å². The van der Waals surface area contributed by atoms with Gasteiger partial charge in [0.15, 0.2) is 0 Å². The molecule has 1 aromatic carbocycles. The first-order valence-corrected chi connectivity index (χ1v) is 9.70. The Balaban J connectivity index is 2.13. The van der Waals surface area contributed by atoms with E-state index in [-0.39, 0.29) is 5.50 Å². The van der Waals surface area contributed by atoms with E-state index in [1.54, 1.807) is 11.3 Å². The van der Waals surface area contributed by atoms with Gasteiger partial charge < -0.3 is 14.9 Å². The third kappa shape index (κ3) is 3.49. The van der Waals surface area contributed by atoms with E-state index in [1.807, 2.05) is 49.4 Å². The Hall–Kier alpha value is -1.33. The van der Waals surface area contributed by atoms with E-state index in [2.05, 4.69) is 31.1 Å². The standard InChI is InChI=1S/C20H25ClN2OS/c1-20(24,15-9-7-12-23(4)19(15)21)18-14-8-5-6-10-16(14)25-17(18)11-13-22(2)3/h5-10,12,19,24H,11,13H2,1-4H3. The second kappa shape index (κ2) is 7.12. The van der Waals surface area contributed by atoms with Gasteiger partial charge in [-0.05, 0) is 45.0 Å². The third-order valence-electron chi connectivity index (χ3n) is 4.71. The SMILES string of the molecule is CN(C)CCc1sc2ccccc2c1C(C)(O)C1=CC=CN(C)C1Cl. The van der Waals surface area contributed by atoms with Crippen LogP contribution in [-0.4, -0.2) is 48.1 Å². The smallest absolute Gasteiger partial charge is 0.128 e. The third-order valence-corrected chi connectivity index (χ3v) is 6.49. The van der Waals surface area contributed by atoms with Gasteiger partial charge in [-0.15, -0.1) is 11.3 Å². The molecule has 134 valence electrons. The molecule has 0 bridgehead atoms. The van der Waals surface area contributed by atoms with Crippen LogP contribution in [0, 0.1) is 0 Å². The number of hydrogen-bond donors (Lipinski definition) is 1. The Labute approximate surface area is 158 Å². The van der Waals surface area contributed by atoms with Gasteiger partial charge in [-0.25, -0.2) is 0 Å². The number of likely N-dealkylation sites (N-methyl/N-ethyl adjacent to an activating group) is 2. The topological polar surface area (TPSA) is 26.7 Å². The van der Waals surface area contributed by atoms with Crippen molar-refractivity contribution in [1.82, 2.24) is 9.80 Å². The quantitative estimate of drug-likeness (QED) is 0.626. The average Bonchev–Trinajstić information content (AvgIpc) is 2.94. The van der Waals surface area contributed by atoms with Crippen molar-refractivity contribution in [2.75, 3.05) is 27.7 Å². The maximum absolute atomic E-state index is 11.6. The molecule has 2 atom stereocenters. The Morgan fingerprint density at radius 3 is 2.76 bits per heavy atom. The number of nitrogens with zero attached hydrogens (tertiary/aromatic N) is 2. The first-order valence-electron chi connectivity index (χ1n) is 8.45. The van der Waals surface area contributed by atoms with Crippen molar-refractivity contribution in [3.63, 3.8) is 0 Å². The minimum absolute atomic E-state index is 0.361. The van der Waals surface area contributed by atoms with Gasteiger partial charge in [0.1, 0.15) is 11.1 Å². The molecular formula is C20H25ClN2OS. The summed E-state index contributed by atoms with van der Waals surface area (Å²) in [6, 6.07) is 8.30. The number of benzene rings is 1. The fourth-order valence-electron chi connectivity index (χ4n) is 3.33. The van der Waals surface area contributed by atoms with E-state index in [4.69, 9.17) is 11.6 Å². The van der Waals surface area contributed by atoms with Crippen LogP contribution in [0.3, 0.4) is 0 Å². The van der Waals surface area contributed by atoms with Crippen LogP contribution in [0.25, 0.3) is 10.1 Å². The summed E-state index contributed by atoms with van der Waals surface area (Å²) in [4.78, 5) is 5.31. The molecule has 1 aliphatic rings. The highest BCUT2D eigenvalue weighted by molar-refractivity contribution is 7.19. The van der Waals surface area contributed by atoms with Crippen LogP contribution in [0.5, 0.6) is 0 Å². The van der Waals surface area contributed by atoms with Crippen LogP contribution in [-0.2, 0) is 12.0 Å². The summed E-state index contributed by atoms with van der Waals surface area (Å²) in [6.45, 7) is 2.81. The Morgan fingerprint density at radius 1 is 1.32 bits per heavy atom. The van der Waals surface area contributed by atoms with Gasteiger partial charge in [0.05, 0.1) is 0 Å². The number of aliphatic hydroxyl groups is 1. The fourth-order valence-corrected chi connectivity index (χ4v) is 4.97. The minimum Gasteiger partial charge on any atom is -0.381 e. The number of rotatable bonds is 5. The van der Waals surface area contributed by atoms with Gasteiger partial charge in [0, 0.05) is 40.5 Å².